The number of rotatable bonds is 6. The van der Waals surface area contributed by atoms with E-state index in [4.69, 9.17) is 0 Å². The van der Waals surface area contributed by atoms with Gasteiger partial charge in [-0.1, -0.05) is 6.92 Å². The minimum atomic E-state index is -0.253. The second kappa shape index (κ2) is 5.88. The quantitative estimate of drug-likeness (QED) is 0.743. The molecule has 4 nitrogen and oxygen atoms in total. The van der Waals surface area contributed by atoms with E-state index in [0.29, 0.717) is 18.6 Å². The summed E-state index contributed by atoms with van der Waals surface area (Å²) in [4.78, 5) is 0. The van der Waals surface area contributed by atoms with E-state index in [1.54, 1.807) is 6.20 Å². The summed E-state index contributed by atoms with van der Waals surface area (Å²) in [5.74, 6) is 0. The lowest BCUT2D eigenvalue weighted by Gasteiger charge is -2.23. The molecule has 1 rings (SSSR count). The maximum atomic E-state index is 9.43. The smallest absolute Gasteiger partial charge is 0.0662 e. The van der Waals surface area contributed by atoms with Crippen molar-refractivity contribution in [3.63, 3.8) is 0 Å². The Morgan fingerprint density at radius 3 is 2.73 bits per heavy atom. The Balaban J connectivity index is 2.37. The van der Waals surface area contributed by atoms with Crippen molar-refractivity contribution in [2.24, 2.45) is 0 Å². The van der Waals surface area contributed by atoms with E-state index in [0.717, 1.165) is 6.42 Å². The van der Waals surface area contributed by atoms with Crippen molar-refractivity contribution in [1.82, 2.24) is 15.1 Å². The monoisotopic (exact) mass is 211 g/mol. The SMILES string of the molecule is CC[C@H](O)CN[C@H](C)[C@H](C)n1cccn1. The first-order chi connectivity index (χ1) is 7.15. The van der Waals surface area contributed by atoms with Crippen LogP contribution in [-0.2, 0) is 0 Å². The fraction of sp³-hybridized carbons (Fsp3) is 0.727. The van der Waals surface area contributed by atoms with Gasteiger partial charge in [0.1, 0.15) is 0 Å². The molecule has 86 valence electrons. The van der Waals surface area contributed by atoms with Crippen LogP contribution in [0.5, 0.6) is 0 Å². The van der Waals surface area contributed by atoms with Crippen molar-refractivity contribution >= 4 is 0 Å². The molecular formula is C11H21N3O. The zero-order chi connectivity index (χ0) is 11.3. The third-order valence-electron chi connectivity index (χ3n) is 2.81. The lowest BCUT2D eigenvalue weighted by molar-refractivity contribution is 0.159. The second-order valence-electron chi connectivity index (χ2n) is 3.99. The molecule has 0 aromatic carbocycles. The normalized spacial score (nSPS) is 17.3. The van der Waals surface area contributed by atoms with E-state index in [9.17, 15) is 5.11 Å². The number of hydrogen-bond acceptors (Lipinski definition) is 3. The van der Waals surface area contributed by atoms with Crippen LogP contribution >= 0.6 is 0 Å². The third kappa shape index (κ3) is 3.64. The van der Waals surface area contributed by atoms with Gasteiger partial charge in [-0.25, -0.2) is 0 Å². The third-order valence-corrected chi connectivity index (χ3v) is 2.81. The van der Waals surface area contributed by atoms with Crippen molar-refractivity contribution in [2.75, 3.05) is 6.54 Å². The van der Waals surface area contributed by atoms with Crippen molar-refractivity contribution in [1.29, 1.82) is 0 Å². The minimum Gasteiger partial charge on any atom is -0.392 e. The molecule has 0 aliphatic rings. The molecule has 3 atom stereocenters. The highest BCUT2D eigenvalue weighted by atomic mass is 16.3. The van der Waals surface area contributed by atoms with Gasteiger partial charge in [-0.15, -0.1) is 0 Å². The number of aliphatic hydroxyl groups excluding tert-OH is 1. The van der Waals surface area contributed by atoms with E-state index in [2.05, 4.69) is 24.3 Å². The molecule has 1 heterocycles. The molecule has 0 aliphatic carbocycles. The molecule has 1 aromatic rings. The summed E-state index contributed by atoms with van der Waals surface area (Å²) in [6.45, 7) is 6.84. The van der Waals surface area contributed by atoms with Gasteiger partial charge in [-0.05, 0) is 26.3 Å². The van der Waals surface area contributed by atoms with Gasteiger partial charge in [0.25, 0.3) is 0 Å². The number of nitrogens with one attached hydrogen (secondary N) is 1. The number of aliphatic hydroxyl groups is 1. The molecule has 1 aromatic heterocycles. The number of aromatic nitrogens is 2. The summed E-state index contributed by atoms with van der Waals surface area (Å²) in [5, 5.41) is 16.9. The molecule has 0 saturated carbocycles. The van der Waals surface area contributed by atoms with Crippen LogP contribution in [0.2, 0.25) is 0 Å². The van der Waals surface area contributed by atoms with Crippen LogP contribution in [-0.4, -0.2) is 33.6 Å². The molecule has 0 radical (unpaired) electrons. The van der Waals surface area contributed by atoms with Crippen LogP contribution < -0.4 is 5.32 Å². The summed E-state index contributed by atoms with van der Waals surface area (Å²) in [6.07, 6.45) is 4.27. The van der Waals surface area contributed by atoms with E-state index in [-0.39, 0.29) is 6.10 Å². The molecular weight excluding hydrogens is 190 g/mol. The number of hydrogen-bond donors (Lipinski definition) is 2. The molecule has 15 heavy (non-hydrogen) atoms. The molecule has 4 heteroatoms. The molecule has 0 bridgehead atoms. The zero-order valence-corrected chi connectivity index (χ0v) is 9.72. The lowest BCUT2D eigenvalue weighted by Crippen LogP contribution is -2.38. The highest BCUT2D eigenvalue weighted by Crippen LogP contribution is 2.08. The largest absolute Gasteiger partial charge is 0.392 e. The first-order valence-electron chi connectivity index (χ1n) is 5.55. The standard InChI is InChI=1S/C11H21N3O/c1-4-11(15)8-12-9(2)10(3)14-7-5-6-13-14/h5-7,9-12,15H,4,8H2,1-3H3/t9-,10+,11+/m1/s1. The Morgan fingerprint density at radius 1 is 1.47 bits per heavy atom. The van der Waals surface area contributed by atoms with Gasteiger partial charge in [0.15, 0.2) is 0 Å². The topological polar surface area (TPSA) is 50.1 Å². The second-order valence-corrected chi connectivity index (χ2v) is 3.99. The Labute approximate surface area is 91.3 Å². The predicted molar refractivity (Wildman–Crippen MR) is 60.7 cm³/mol. The van der Waals surface area contributed by atoms with Gasteiger partial charge in [-0.3, -0.25) is 4.68 Å². The molecule has 0 spiro atoms. The van der Waals surface area contributed by atoms with E-state index in [1.807, 2.05) is 23.9 Å². The average molecular weight is 211 g/mol. The molecule has 0 saturated heterocycles. The first-order valence-corrected chi connectivity index (χ1v) is 5.55. The van der Waals surface area contributed by atoms with Gasteiger partial charge in [-0.2, -0.15) is 5.10 Å². The Kier molecular flexibility index (Phi) is 4.78. The fourth-order valence-electron chi connectivity index (χ4n) is 1.39. The van der Waals surface area contributed by atoms with Gasteiger partial charge >= 0.3 is 0 Å². The maximum Gasteiger partial charge on any atom is 0.0662 e. The summed E-state index contributed by atoms with van der Waals surface area (Å²) < 4.78 is 1.93. The summed E-state index contributed by atoms with van der Waals surface area (Å²) in [5.41, 5.74) is 0. The molecule has 0 amide bonds. The lowest BCUT2D eigenvalue weighted by atomic mass is 10.1. The van der Waals surface area contributed by atoms with E-state index < -0.39 is 0 Å². The molecule has 0 aliphatic heterocycles. The summed E-state index contributed by atoms with van der Waals surface area (Å²) in [7, 11) is 0. The van der Waals surface area contributed by atoms with Gasteiger partial charge in [0.05, 0.1) is 12.1 Å². The van der Waals surface area contributed by atoms with Crippen molar-refractivity contribution in [2.45, 2.75) is 45.4 Å². The highest BCUT2D eigenvalue weighted by Gasteiger charge is 2.14. The Hall–Kier alpha value is -0.870. The first kappa shape index (κ1) is 12.2. The maximum absolute atomic E-state index is 9.43. The predicted octanol–water partition coefficient (Wildman–Crippen LogP) is 1.19. The fourth-order valence-corrected chi connectivity index (χ4v) is 1.39. The highest BCUT2D eigenvalue weighted by molar-refractivity contribution is 4.83. The van der Waals surface area contributed by atoms with Crippen LogP contribution in [0, 0.1) is 0 Å². The molecule has 0 unspecified atom stereocenters. The van der Waals surface area contributed by atoms with Crippen molar-refractivity contribution in [3.8, 4) is 0 Å². The average Bonchev–Trinajstić information content (AvgIpc) is 2.77. The van der Waals surface area contributed by atoms with Gasteiger partial charge in [0.2, 0.25) is 0 Å². The van der Waals surface area contributed by atoms with Crippen LogP contribution in [0.1, 0.15) is 33.2 Å². The zero-order valence-electron chi connectivity index (χ0n) is 9.72. The van der Waals surface area contributed by atoms with E-state index in [1.165, 1.54) is 0 Å². The van der Waals surface area contributed by atoms with Gasteiger partial charge in [0, 0.05) is 25.0 Å². The van der Waals surface area contributed by atoms with Crippen LogP contribution in [0.4, 0.5) is 0 Å². The Bertz CT molecular complexity index is 261. The minimum absolute atomic E-state index is 0.253. The Morgan fingerprint density at radius 2 is 2.20 bits per heavy atom. The molecule has 2 N–H and O–H groups in total. The molecule has 0 fully saturated rings. The van der Waals surface area contributed by atoms with Crippen LogP contribution in [0.15, 0.2) is 18.5 Å². The van der Waals surface area contributed by atoms with Gasteiger partial charge < -0.3 is 10.4 Å². The summed E-state index contributed by atoms with van der Waals surface area (Å²) >= 11 is 0. The van der Waals surface area contributed by atoms with Crippen molar-refractivity contribution < 1.29 is 5.11 Å². The van der Waals surface area contributed by atoms with Crippen molar-refractivity contribution in [3.05, 3.63) is 18.5 Å². The van der Waals surface area contributed by atoms with Crippen LogP contribution in [0.3, 0.4) is 0 Å². The van der Waals surface area contributed by atoms with Crippen LogP contribution in [0.25, 0.3) is 0 Å². The summed E-state index contributed by atoms with van der Waals surface area (Å²) in [6, 6.07) is 2.51. The van der Waals surface area contributed by atoms with E-state index >= 15 is 0 Å². The number of nitrogens with zero attached hydrogens (tertiary/aromatic N) is 2.